The predicted octanol–water partition coefficient (Wildman–Crippen LogP) is 4.14. The summed E-state index contributed by atoms with van der Waals surface area (Å²) in [6.07, 6.45) is 0.781. The molecule has 2 aromatic carbocycles. The monoisotopic (exact) mass is 300 g/mol. The summed E-state index contributed by atoms with van der Waals surface area (Å²) in [5.41, 5.74) is 4.62. The Balaban J connectivity index is 2.36. The topological polar surface area (TPSA) is 27.7 Å². The molecule has 0 aliphatic carbocycles. The van der Waals surface area contributed by atoms with Crippen molar-refractivity contribution in [1.29, 1.82) is 0 Å². The van der Waals surface area contributed by atoms with Gasteiger partial charge in [-0.3, -0.25) is 0 Å². The average Bonchev–Trinajstić information content (AvgIpc) is 2.53. The number of hydrogen-bond donors (Lipinski definition) is 0. The van der Waals surface area contributed by atoms with Crippen molar-refractivity contribution in [3.8, 4) is 11.5 Å². The Morgan fingerprint density at radius 2 is 1.59 bits per heavy atom. The summed E-state index contributed by atoms with van der Waals surface area (Å²) >= 11 is 0. The van der Waals surface area contributed by atoms with Crippen molar-refractivity contribution in [2.24, 2.45) is 0 Å². The molecule has 0 unspecified atom stereocenters. The van der Waals surface area contributed by atoms with E-state index in [1.54, 1.807) is 14.2 Å². The van der Waals surface area contributed by atoms with Crippen LogP contribution in [0.1, 0.15) is 29.2 Å². The van der Waals surface area contributed by atoms with Crippen LogP contribution in [0.4, 0.5) is 0 Å². The molecule has 118 valence electrons. The molecular weight excluding hydrogens is 276 g/mol. The maximum absolute atomic E-state index is 5.58. The molecule has 0 amide bonds. The summed E-state index contributed by atoms with van der Waals surface area (Å²) in [6, 6.07) is 12.6. The van der Waals surface area contributed by atoms with Crippen LogP contribution in [0.15, 0.2) is 36.4 Å². The molecule has 0 radical (unpaired) electrons. The normalized spacial score (nSPS) is 10.5. The molecule has 0 heterocycles. The lowest BCUT2D eigenvalue weighted by molar-refractivity contribution is 0.133. The Morgan fingerprint density at radius 1 is 0.909 bits per heavy atom. The number of methoxy groups -OCH3 is 2. The van der Waals surface area contributed by atoms with Gasteiger partial charge in [0.2, 0.25) is 0 Å². The highest BCUT2D eigenvalue weighted by Crippen LogP contribution is 2.33. The zero-order valence-electron chi connectivity index (χ0n) is 13.8. The van der Waals surface area contributed by atoms with Crippen LogP contribution in [0.25, 0.3) is 0 Å². The van der Waals surface area contributed by atoms with E-state index in [2.05, 4.69) is 31.2 Å². The van der Waals surface area contributed by atoms with E-state index >= 15 is 0 Å². The summed E-state index contributed by atoms with van der Waals surface area (Å²) < 4.78 is 16.6. The Morgan fingerprint density at radius 3 is 2.14 bits per heavy atom. The van der Waals surface area contributed by atoms with Crippen molar-refractivity contribution < 1.29 is 14.2 Å². The van der Waals surface area contributed by atoms with Gasteiger partial charge in [-0.25, -0.2) is 0 Å². The minimum absolute atomic E-state index is 0.563. The number of ether oxygens (including phenoxy) is 3. The van der Waals surface area contributed by atoms with Crippen molar-refractivity contribution >= 4 is 0 Å². The lowest BCUT2D eigenvalue weighted by Gasteiger charge is -2.16. The van der Waals surface area contributed by atoms with Gasteiger partial charge >= 0.3 is 0 Å². The predicted molar refractivity (Wildman–Crippen MR) is 88.9 cm³/mol. The third kappa shape index (κ3) is 4.01. The SMILES string of the molecule is CCOCc1cc(OC)c(Cc2cccc(C)c2)c(OC)c1. The lowest BCUT2D eigenvalue weighted by Crippen LogP contribution is -2.01. The van der Waals surface area contributed by atoms with E-state index in [0.717, 1.165) is 29.0 Å². The summed E-state index contributed by atoms with van der Waals surface area (Å²) in [5.74, 6) is 1.69. The zero-order valence-corrected chi connectivity index (χ0v) is 13.8. The third-order valence-corrected chi connectivity index (χ3v) is 3.60. The molecule has 0 aliphatic heterocycles. The number of rotatable bonds is 7. The second-order valence-corrected chi connectivity index (χ2v) is 5.28. The van der Waals surface area contributed by atoms with Gasteiger partial charge in [-0.2, -0.15) is 0 Å². The standard InChI is InChI=1S/C19H24O3/c1-5-22-13-16-11-18(20-3)17(19(12-16)21-4)10-15-8-6-7-14(2)9-15/h6-9,11-12H,5,10,13H2,1-4H3. The zero-order chi connectivity index (χ0) is 15.9. The van der Waals surface area contributed by atoms with Crippen molar-refractivity contribution in [3.05, 3.63) is 58.7 Å². The van der Waals surface area contributed by atoms with E-state index in [1.807, 2.05) is 19.1 Å². The summed E-state index contributed by atoms with van der Waals surface area (Å²) in [7, 11) is 3.39. The second kappa shape index (κ2) is 7.85. The lowest BCUT2D eigenvalue weighted by atomic mass is 10.00. The molecule has 0 aliphatic rings. The van der Waals surface area contributed by atoms with E-state index in [0.29, 0.717) is 13.2 Å². The van der Waals surface area contributed by atoms with Gasteiger partial charge in [-0.1, -0.05) is 29.8 Å². The van der Waals surface area contributed by atoms with Crippen molar-refractivity contribution in [2.75, 3.05) is 20.8 Å². The molecule has 0 atom stereocenters. The highest BCUT2D eigenvalue weighted by Gasteiger charge is 2.13. The third-order valence-electron chi connectivity index (χ3n) is 3.60. The summed E-state index contributed by atoms with van der Waals surface area (Å²) in [5, 5.41) is 0. The molecule has 0 saturated carbocycles. The minimum Gasteiger partial charge on any atom is -0.496 e. The van der Waals surface area contributed by atoms with Gasteiger partial charge < -0.3 is 14.2 Å². The molecule has 2 rings (SSSR count). The number of aryl methyl sites for hydroxylation is 1. The molecule has 0 fully saturated rings. The molecule has 22 heavy (non-hydrogen) atoms. The number of hydrogen-bond acceptors (Lipinski definition) is 3. The Bertz CT molecular complexity index is 595. The van der Waals surface area contributed by atoms with Gasteiger partial charge in [-0.05, 0) is 37.1 Å². The van der Waals surface area contributed by atoms with Crippen LogP contribution in [0.2, 0.25) is 0 Å². The molecule has 0 saturated heterocycles. The first-order valence-electron chi connectivity index (χ1n) is 7.55. The van der Waals surface area contributed by atoms with Crippen molar-refractivity contribution in [1.82, 2.24) is 0 Å². The Labute approximate surface area is 132 Å². The second-order valence-electron chi connectivity index (χ2n) is 5.28. The smallest absolute Gasteiger partial charge is 0.126 e. The fourth-order valence-electron chi connectivity index (χ4n) is 2.54. The highest BCUT2D eigenvalue weighted by atomic mass is 16.5. The first-order chi connectivity index (χ1) is 10.7. The first kappa shape index (κ1) is 16.4. The van der Waals surface area contributed by atoms with E-state index in [4.69, 9.17) is 14.2 Å². The summed E-state index contributed by atoms with van der Waals surface area (Å²) in [6.45, 7) is 5.34. The molecule has 0 N–H and O–H groups in total. The molecule has 2 aromatic rings. The molecule has 0 bridgehead atoms. The first-order valence-corrected chi connectivity index (χ1v) is 7.55. The van der Waals surface area contributed by atoms with Crippen molar-refractivity contribution in [2.45, 2.75) is 26.9 Å². The fourth-order valence-corrected chi connectivity index (χ4v) is 2.54. The largest absolute Gasteiger partial charge is 0.496 e. The summed E-state index contributed by atoms with van der Waals surface area (Å²) in [4.78, 5) is 0. The highest BCUT2D eigenvalue weighted by molar-refractivity contribution is 5.50. The van der Waals surface area contributed by atoms with Gasteiger partial charge in [0.05, 0.1) is 20.8 Å². The van der Waals surface area contributed by atoms with E-state index in [1.165, 1.54) is 11.1 Å². The maximum atomic E-state index is 5.58. The van der Waals surface area contributed by atoms with Crippen LogP contribution in [0.5, 0.6) is 11.5 Å². The fraction of sp³-hybridized carbons (Fsp3) is 0.368. The van der Waals surface area contributed by atoms with Crippen LogP contribution < -0.4 is 9.47 Å². The Kier molecular flexibility index (Phi) is 5.84. The molecule has 3 nitrogen and oxygen atoms in total. The van der Waals surface area contributed by atoms with Crippen LogP contribution in [0, 0.1) is 6.92 Å². The maximum Gasteiger partial charge on any atom is 0.126 e. The molecule has 0 aromatic heterocycles. The van der Waals surface area contributed by atoms with Gasteiger partial charge in [0.1, 0.15) is 11.5 Å². The van der Waals surface area contributed by atoms with Gasteiger partial charge in [0.25, 0.3) is 0 Å². The Hall–Kier alpha value is -2.00. The molecular formula is C19H24O3. The average molecular weight is 300 g/mol. The van der Waals surface area contributed by atoms with Gasteiger partial charge in [0, 0.05) is 18.6 Å². The van der Waals surface area contributed by atoms with E-state index in [-0.39, 0.29) is 0 Å². The van der Waals surface area contributed by atoms with Gasteiger partial charge in [-0.15, -0.1) is 0 Å². The van der Waals surface area contributed by atoms with Crippen LogP contribution >= 0.6 is 0 Å². The van der Waals surface area contributed by atoms with Crippen LogP contribution in [-0.2, 0) is 17.8 Å². The van der Waals surface area contributed by atoms with Crippen molar-refractivity contribution in [3.63, 3.8) is 0 Å². The molecule has 3 heteroatoms. The van der Waals surface area contributed by atoms with Gasteiger partial charge in [0.15, 0.2) is 0 Å². The number of benzene rings is 2. The van der Waals surface area contributed by atoms with E-state index < -0.39 is 0 Å². The molecule has 0 spiro atoms. The quantitative estimate of drug-likeness (QED) is 0.769. The van der Waals surface area contributed by atoms with Crippen LogP contribution in [-0.4, -0.2) is 20.8 Å². The van der Waals surface area contributed by atoms with E-state index in [9.17, 15) is 0 Å². The minimum atomic E-state index is 0.563. The van der Waals surface area contributed by atoms with Crippen LogP contribution in [0.3, 0.4) is 0 Å².